The van der Waals surface area contributed by atoms with Crippen LogP contribution in [0.1, 0.15) is 16.8 Å². The first-order valence-electron chi connectivity index (χ1n) is 3.97. The summed E-state index contributed by atoms with van der Waals surface area (Å²) in [5.74, 6) is 0. The topological polar surface area (TPSA) is 41.6 Å². The van der Waals surface area contributed by atoms with Crippen molar-refractivity contribution in [1.82, 2.24) is 15.2 Å². The largest absolute Gasteiger partial charge is 0.261 e. The molecule has 2 rings (SSSR count). The zero-order chi connectivity index (χ0) is 8.72. The number of nitrogens with zero attached hydrogens (tertiary/aromatic N) is 2. The molecule has 12 heavy (non-hydrogen) atoms. The zero-order valence-electron chi connectivity index (χ0n) is 7.47. The van der Waals surface area contributed by atoms with E-state index in [1.165, 1.54) is 11.1 Å². The Labute approximate surface area is 70.8 Å². The summed E-state index contributed by atoms with van der Waals surface area (Å²) in [7, 11) is 0. The summed E-state index contributed by atoms with van der Waals surface area (Å²) in [6.07, 6.45) is 1.87. The van der Waals surface area contributed by atoms with E-state index in [1.54, 1.807) is 0 Å². The molecule has 0 radical (unpaired) electrons. The molecule has 0 aliphatic rings. The van der Waals surface area contributed by atoms with E-state index in [1.807, 2.05) is 13.1 Å². The molecule has 0 aromatic carbocycles. The first kappa shape index (κ1) is 7.28. The normalized spacial score (nSPS) is 10.9. The fourth-order valence-electron chi connectivity index (χ4n) is 1.42. The predicted octanol–water partition coefficient (Wildman–Crippen LogP) is 1.88. The van der Waals surface area contributed by atoms with Gasteiger partial charge in [0.1, 0.15) is 0 Å². The number of fused-ring (bicyclic) bond motifs is 1. The van der Waals surface area contributed by atoms with Gasteiger partial charge in [-0.2, -0.15) is 5.10 Å². The maximum atomic E-state index is 4.24. The van der Waals surface area contributed by atoms with Gasteiger partial charge in [-0.3, -0.25) is 5.10 Å². The highest BCUT2D eigenvalue weighted by Gasteiger charge is 2.06. The fourth-order valence-corrected chi connectivity index (χ4v) is 1.42. The highest BCUT2D eigenvalue weighted by Crippen LogP contribution is 2.19. The van der Waals surface area contributed by atoms with Crippen molar-refractivity contribution in [3.05, 3.63) is 23.0 Å². The molecule has 1 N–H and O–H groups in total. The van der Waals surface area contributed by atoms with Gasteiger partial charge in [0.15, 0.2) is 5.65 Å². The number of hydrogen-bond acceptors (Lipinski definition) is 2. The number of aromatic amines is 1. The lowest BCUT2D eigenvalue weighted by Crippen LogP contribution is -1.85. The van der Waals surface area contributed by atoms with Crippen molar-refractivity contribution < 1.29 is 0 Å². The molecular formula is C9H11N3. The van der Waals surface area contributed by atoms with Crippen molar-refractivity contribution in [2.75, 3.05) is 0 Å². The van der Waals surface area contributed by atoms with Gasteiger partial charge in [0.2, 0.25) is 0 Å². The Bertz CT molecular complexity index is 429. The minimum atomic E-state index is 0.885. The van der Waals surface area contributed by atoms with Gasteiger partial charge < -0.3 is 0 Å². The fraction of sp³-hybridized carbons (Fsp3) is 0.333. The second-order valence-corrected chi connectivity index (χ2v) is 3.10. The summed E-state index contributed by atoms with van der Waals surface area (Å²) in [6.45, 7) is 6.16. The first-order chi connectivity index (χ1) is 5.70. The van der Waals surface area contributed by atoms with E-state index in [2.05, 4.69) is 29.0 Å². The summed E-state index contributed by atoms with van der Waals surface area (Å²) in [5, 5.41) is 8.17. The van der Waals surface area contributed by atoms with Crippen LogP contribution in [0.15, 0.2) is 6.20 Å². The van der Waals surface area contributed by atoms with Crippen molar-refractivity contribution in [3.63, 3.8) is 0 Å². The number of pyridine rings is 1. The Morgan fingerprint density at radius 1 is 1.25 bits per heavy atom. The van der Waals surface area contributed by atoms with Gasteiger partial charge in [-0.05, 0) is 31.9 Å². The monoisotopic (exact) mass is 161 g/mol. The smallest absolute Gasteiger partial charge is 0.155 e. The molecule has 0 aliphatic heterocycles. The SMILES string of the molecule is Cc1cnc2[nH]nc(C)c2c1C. The van der Waals surface area contributed by atoms with Gasteiger partial charge in [-0.1, -0.05) is 0 Å². The lowest BCUT2D eigenvalue weighted by molar-refractivity contribution is 1.05. The third-order valence-corrected chi connectivity index (χ3v) is 2.28. The third-order valence-electron chi connectivity index (χ3n) is 2.28. The predicted molar refractivity (Wildman–Crippen MR) is 48.1 cm³/mol. The summed E-state index contributed by atoms with van der Waals surface area (Å²) in [4.78, 5) is 4.24. The van der Waals surface area contributed by atoms with Crippen LogP contribution in [0, 0.1) is 20.8 Å². The van der Waals surface area contributed by atoms with Crippen molar-refractivity contribution in [2.24, 2.45) is 0 Å². The van der Waals surface area contributed by atoms with Crippen LogP contribution in [-0.2, 0) is 0 Å². The molecule has 0 aliphatic carbocycles. The molecule has 3 nitrogen and oxygen atoms in total. The lowest BCUT2D eigenvalue weighted by Gasteiger charge is -1.99. The summed E-state index contributed by atoms with van der Waals surface area (Å²) < 4.78 is 0. The van der Waals surface area contributed by atoms with E-state index < -0.39 is 0 Å². The molecule has 0 unspecified atom stereocenters. The second kappa shape index (κ2) is 2.30. The lowest BCUT2D eigenvalue weighted by atomic mass is 10.1. The zero-order valence-corrected chi connectivity index (χ0v) is 7.47. The standard InChI is InChI=1S/C9H11N3/c1-5-4-10-9-8(6(5)2)7(3)11-12-9/h4H,1-3H3,(H,10,11,12). The van der Waals surface area contributed by atoms with Gasteiger partial charge in [0, 0.05) is 11.6 Å². The molecule has 0 spiro atoms. The van der Waals surface area contributed by atoms with Crippen LogP contribution in [0.5, 0.6) is 0 Å². The summed E-state index contributed by atoms with van der Waals surface area (Å²) in [5.41, 5.74) is 4.40. The molecule has 2 aromatic heterocycles. The first-order valence-corrected chi connectivity index (χ1v) is 3.97. The number of rotatable bonds is 0. The molecule has 0 fully saturated rings. The minimum Gasteiger partial charge on any atom is -0.261 e. The van der Waals surface area contributed by atoms with Gasteiger partial charge in [-0.25, -0.2) is 4.98 Å². The second-order valence-electron chi connectivity index (χ2n) is 3.10. The number of hydrogen-bond donors (Lipinski definition) is 1. The van der Waals surface area contributed by atoms with E-state index in [9.17, 15) is 0 Å². The molecule has 3 heteroatoms. The Kier molecular flexibility index (Phi) is 1.40. The molecule has 2 heterocycles. The van der Waals surface area contributed by atoms with E-state index in [0.29, 0.717) is 0 Å². The molecule has 2 aromatic rings. The Morgan fingerprint density at radius 2 is 2.00 bits per heavy atom. The molecule has 0 saturated carbocycles. The van der Waals surface area contributed by atoms with E-state index in [-0.39, 0.29) is 0 Å². The van der Waals surface area contributed by atoms with Crippen molar-refractivity contribution in [3.8, 4) is 0 Å². The van der Waals surface area contributed by atoms with Crippen molar-refractivity contribution >= 4 is 11.0 Å². The van der Waals surface area contributed by atoms with Crippen molar-refractivity contribution in [1.29, 1.82) is 0 Å². The summed E-state index contributed by atoms with van der Waals surface area (Å²) >= 11 is 0. The summed E-state index contributed by atoms with van der Waals surface area (Å²) in [6, 6.07) is 0. The highest BCUT2D eigenvalue weighted by atomic mass is 15.1. The average Bonchev–Trinajstić information content (AvgIpc) is 2.41. The van der Waals surface area contributed by atoms with Crippen LogP contribution in [0.4, 0.5) is 0 Å². The van der Waals surface area contributed by atoms with Crippen LogP contribution in [-0.4, -0.2) is 15.2 Å². The van der Waals surface area contributed by atoms with Crippen LogP contribution in [0.3, 0.4) is 0 Å². The molecule has 0 amide bonds. The van der Waals surface area contributed by atoms with Gasteiger partial charge in [0.05, 0.1) is 5.69 Å². The maximum Gasteiger partial charge on any atom is 0.155 e. The molecule has 62 valence electrons. The van der Waals surface area contributed by atoms with Gasteiger partial charge in [-0.15, -0.1) is 0 Å². The number of aryl methyl sites for hydroxylation is 3. The highest BCUT2D eigenvalue weighted by molar-refractivity contribution is 5.81. The van der Waals surface area contributed by atoms with E-state index in [0.717, 1.165) is 16.7 Å². The van der Waals surface area contributed by atoms with Crippen molar-refractivity contribution in [2.45, 2.75) is 20.8 Å². The Balaban J connectivity index is 2.96. The molecular weight excluding hydrogens is 150 g/mol. The molecule has 0 bridgehead atoms. The van der Waals surface area contributed by atoms with Gasteiger partial charge >= 0.3 is 0 Å². The van der Waals surface area contributed by atoms with Crippen LogP contribution in [0.2, 0.25) is 0 Å². The maximum absolute atomic E-state index is 4.24. The Hall–Kier alpha value is -1.38. The third kappa shape index (κ3) is 0.826. The number of nitrogens with one attached hydrogen (secondary N) is 1. The molecule has 0 saturated heterocycles. The quantitative estimate of drug-likeness (QED) is 0.641. The minimum absolute atomic E-state index is 0.885. The van der Waals surface area contributed by atoms with Gasteiger partial charge in [0.25, 0.3) is 0 Å². The number of H-pyrrole nitrogens is 1. The van der Waals surface area contributed by atoms with E-state index in [4.69, 9.17) is 0 Å². The van der Waals surface area contributed by atoms with E-state index >= 15 is 0 Å². The molecule has 0 atom stereocenters. The van der Waals surface area contributed by atoms with Crippen LogP contribution in [0.25, 0.3) is 11.0 Å². The Morgan fingerprint density at radius 3 is 2.75 bits per heavy atom. The van der Waals surface area contributed by atoms with Crippen LogP contribution >= 0.6 is 0 Å². The van der Waals surface area contributed by atoms with Crippen LogP contribution < -0.4 is 0 Å². The number of aromatic nitrogens is 3. The average molecular weight is 161 g/mol.